The number of nitro benzene ring substituents is 1. The van der Waals surface area contributed by atoms with Crippen molar-refractivity contribution in [3.63, 3.8) is 0 Å². The predicted octanol–water partition coefficient (Wildman–Crippen LogP) is 4.31. The standard InChI is InChI=1S/C19H13N5O5S3/c1-10-9-30-19(20-10)31-15-6-5-11(24(27)28)7-12(15)18(26)29-8-16(25)21-13-3-2-4-14-17(13)23-32-22-14/h2-7,9H,8H2,1H3,(H,21,25). The van der Waals surface area contributed by atoms with Gasteiger partial charge in [0.15, 0.2) is 10.9 Å². The normalized spacial score (nSPS) is 10.8. The molecule has 2 aromatic carbocycles. The molecule has 1 amide bonds. The van der Waals surface area contributed by atoms with Crippen molar-refractivity contribution in [1.29, 1.82) is 0 Å². The number of amides is 1. The summed E-state index contributed by atoms with van der Waals surface area (Å²) >= 11 is 3.60. The molecular weight excluding hydrogens is 474 g/mol. The molecule has 10 nitrogen and oxygen atoms in total. The molecule has 0 radical (unpaired) electrons. The minimum absolute atomic E-state index is 0.0179. The van der Waals surface area contributed by atoms with Gasteiger partial charge in [0.25, 0.3) is 11.6 Å². The van der Waals surface area contributed by atoms with E-state index in [1.807, 2.05) is 12.3 Å². The third-order valence-corrected chi connectivity index (χ3v) is 6.76. The van der Waals surface area contributed by atoms with Crippen molar-refractivity contribution < 1.29 is 19.2 Å². The Bertz CT molecular complexity index is 1340. The number of hydrogen-bond acceptors (Lipinski definition) is 11. The number of carbonyl (C=O) groups excluding carboxylic acids is 2. The van der Waals surface area contributed by atoms with Crippen LogP contribution in [0, 0.1) is 17.0 Å². The third-order valence-electron chi connectivity index (χ3n) is 4.08. The maximum absolute atomic E-state index is 12.7. The first kappa shape index (κ1) is 21.8. The monoisotopic (exact) mass is 487 g/mol. The number of aromatic nitrogens is 3. The van der Waals surface area contributed by atoms with Gasteiger partial charge in [-0.1, -0.05) is 17.8 Å². The largest absolute Gasteiger partial charge is 0.452 e. The van der Waals surface area contributed by atoms with Crippen LogP contribution in [0.3, 0.4) is 0 Å². The van der Waals surface area contributed by atoms with E-state index in [1.165, 1.54) is 35.2 Å². The van der Waals surface area contributed by atoms with Gasteiger partial charge in [0.2, 0.25) is 0 Å². The molecule has 4 aromatic rings. The molecule has 0 unspecified atom stereocenters. The number of esters is 1. The summed E-state index contributed by atoms with van der Waals surface area (Å²) in [5.41, 5.74) is 2.17. The highest BCUT2D eigenvalue weighted by Gasteiger charge is 2.21. The fourth-order valence-corrected chi connectivity index (χ4v) is 5.10. The lowest BCUT2D eigenvalue weighted by Gasteiger charge is -2.09. The van der Waals surface area contributed by atoms with Crippen LogP contribution < -0.4 is 5.32 Å². The zero-order valence-corrected chi connectivity index (χ0v) is 18.8. The number of nitro groups is 1. The zero-order valence-electron chi connectivity index (χ0n) is 16.3. The van der Waals surface area contributed by atoms with E-state index in [0.29, 0.717) is 26.0 Å². The molecule has 2 aromatic heterocycles. The number of non-ortho nitro benzene ring substituents is 1. The summed E-state index contributed by atoms with van der Waals surface area (Å²) in [5.74, 6) is -1.43. The number of benzene rings is 2. The lowest BCUT2D eigenvalue weighted by molar-refractivity contribution is -0.384. The van der Waals surface area contributed by atoms with E-state index < -0.39 is 23.4 Å². The van der Waals surface area contributed by atoms with E-state index in [0.717, 1.165) is 23.5 Å². The number of carbonyl (C=O) groups is 2. The summed E-state index contributed by atoms with van der Waals surface area (Å²) < 4.78 is 14.0. The summed E-state index contributed by atoms with van der Waals surface area (Å²) in [4.78, 5) is 40.3. The van der Waals surface area contributed by atoms with Crippen molar-refractivity contribution in [2.45, 2.75) is 16.2 Å². The van der Waals surface area contributed by atoms with Crippen molar-refractivity contribution in [1.82, 2.24) is 13.7 Å². The average molecular weight is 488 g/mol. The number of thiazole rings is 1. The Kier molecular flexibility index (Phi) is 6.39. The van der Waals surface area contributed by atoms with Gasteiger partial charge in [-0.25, -0.2) is 9.78 Å². The minimum Gasteiger partial charge on any atom is -0.452 e. The van der Waals surface area contributed by atoms with E-state index in [4.69, 9.17) is 4.74 Å². The molecule has 0 saturated carbocycles. The topological polar surface area (TPSA) is 137 Å². The van der Waals surface area contributed by atoms with Gasteiger partial charge in [-0.3, -0.25) is 14.9 Å². The summed E-state index contributed by atoms with van der Waals surface area (Å²) in [6.45, 7) is 1.27. The number of anilines is 1. The summed E-state index contributed by atoms with van der Waals surface area (Å²) in [6, 6.07) is 9.04. The van der Waals surface area contributed by atoms with Crippen molar-refractivity contribution in [3.05, 3.63) is 63.1 Å². The number of nitrogens with one attached hydrogen (secondary N) is 1. The molecule has 0 bridgehead atoms. The van der Waals surface area contributed by atoms with Crippen LogP contribution in [0.2, 0.25) is 0 Å². The van der Waals surface area contributed by atoms with Crippen LogP contribution in [0.1, 0.15) is 16.1 Å². The number of nitrogens with zero attached hydrogens (tertiary/aromatic N) is 4. The van der Waals surface area contributed by atoms with Crippen LogP contribution in [0.15, 0.2) is 51.0 Å². The van der Waals surface area contributed by atoms with E-state index in [-0.39, 0.29) is 11.3 Å². The Morgan fingerprint density at radius 3 is 2.84 bits per heavy atom. The molecule has 0 aliphatic heterocycles. The Balaban J connectivity index is 1.48. The second-order valence-corrected chi connectivity index (χ2v) is 9.03. The molecule has 162 valence electrons. The third kappa shape index (κ3) is 4.90. The minimum atomic E-state index is -0.854. The summed E-state index contributed by atoms with van der Waals surface area (Å²) in [5, 5.41) is 15.7. The van der Waals surface area contributed by atoms with E-state index in [2.05, 4.69) is 19.0 Å². The van der Waals surface area contributed by atoms with Crippen molar-refractivity contribution in [3.8, 4) is 0 Å². The van der Waals surface area contributed by atoms with Crippen molar-refractivity contribution in [2.24, 2.45) is 0 Å². The van der Waals surface area contributed by atoms with Gasteiger partial charge >= 0.3 is 5.97 Å². The molecule has 2 heterocycles. The quantitative estimate of drug-likeness (QED) is 0.229. The smallest absolute Gasteiger partial charge is 0.340 e. The number of hydrogen-bond donors (Lipinski definition) is 1. The molecule has 13 heteroatoms. The first-order valence-corrected chi connectivity index (χ1v) is 11.4. The maximum Gasteiger partial charge on any atom is 0.340 e. The van der Waals surface area contributed by atoms with E-state index in [9.17, 15) is 19.7 Å². The molecule has 0 saturated heterocycles. The number of aryl methyl sites for hydroxylation is 1. The lowest BCUT2D eigenvalue weighted by atomic mass is 10.2. The van der Waals surface area contributed by atoms with Gasteiger partial charge < -0.3 is 10.1 Å². The van der Waals surface area contributed by atoms with E-state index >= 15 is 0 Å². The van der Waals surface area contributed by atoms with Crippen LogP contribution in [0.25, 0.3) is 11.0 Å². The molecule has 0 aliphatic rings. The fourth-order valence-electron chi connectivity index (χ4n) is 2.66. The first-order valence-electron chi connectivity index (χ1n) is 8.97. The van der Waals surface area contributed by atoms with Gasteiger partial charge in [-0.2, -0.15) is 8.75 Å². The van der Waals surface area contributed by atoms with Crippen LogP contribution in [0.5, 0.6) is 0 Å². The average Bonchev–Trinajstić information content (AvgIpc) is 3.41. The highest BCUT2D eigenvalue weighted by molar-refractivity contribution is 8.01. The van der Waals surface area contributed by atoms with Gasteiger partial charge in [0, 0.05) is 28.1 Å². The molecule has 0 fully saturated rings. The SMILES string of the molecule is Cc1csc(Sc2ccc([N+](=O)[O-])cc2C(=O)OCC(=O)Nc2cccc3nsnc23)n1. The second-order valence-electron chi connectivity index (χ2n) is 6.36. The fraction of sp³-hybridized carbons (Fsp3) is 0.105. The molecule has 4 rings (SSSR count). The molecule has 1 N–H and O–H groups in total. The van der Waals surface area contributed by atoms with Gasteiger partial charge in [0.05, 0.1) is 27.9 Å². The summed E-state index contributed by atoms with van der Waals surface area (Å²) in [6.07, 6.45) is 0. The molecule has 32 heavy (non-hydrogen) atoms. The van der Waals surface area contributed by atoms with Gasteiger partial charge in [0.1, 0.15) is 11.0 Å². The lowest BCUT2D eigenvalue weighted by Crippen LogP contribution is -2.21. The number of rotatable bonds is 7. The Labute approximate surface area is 193 Å². The van der Waals surface area contributed by atoms with Crippen LogP contribution in [-0.2, 0) is 9.53 Å². The highest BCUT2D eigenvalue weighted by atomic mass is 32.2. The van der Waals surface area contributed by atoms with E-state index in [1.54, 1.807) is 18.2 Å². The zero-order chi connectivity index (χ0) is 22.7. The van der Waals surface area contributed by atoms with Crippen LogP contribution in [-0.4, -0.2) is 37.1 Å². The van der Waals surface area contributed by atoms with Crippen LogP contribution >= 0.6 is 34.8 Å². The highest BCUT2D eigenvalue weighted by Crippen LogP contribution is 2.34. The van der Waals surface area contributed by atoms with Gasteiger partial charge in [-0.15, -0.1) is 11.3 Å². The van der Waals surface area contributed by atoms with Crippen LogP contribution in [0.4, 0.5) is 11.4 Å². The van der Waals surface area contributed by atoms with Crippen molar-refractivity contribution >= 4 is 69.1 Å². The van der Waals surface area contributed by atoms with Gasteiger partial charge in [-0.05, 0) is 25.1 Å². The predicted molar refractivity (Wildman–Crippen MR) is 120 cm³/mol. The molecular formula is C19H13N5O5S3. The number of fused-ring (bicyclic) bond motifs is 1. The Morgan fingerprint density at radius 2 is 2.09 bits per heavy atom. The Hall–Kier alpha value is -3.42. The second kappa shape index (κ2) is 9.38. The first-order chi connectivity index (χ1) is 15.4. The molecule has 0 spiro atoms. The summed E-state index contributed by atoms with van der Waals surface area (Å²) in [7, 11) is 0. The Morgan fingerprint density at radius 1 is 1.25 bits per heavy atom. The molecule has 0 aliphatic carbocycles. The number of ether oxygens (including phenoxy) is 1. The van der Waals surface area contributed by atoms with Crippen molar-refractivity contribution in [2.75, 3.05) is 11.9 Å². The maximum atomic E-state index is 12.7. The molecule has 0 atom stereocenters.